The van der Waals surface area contributed by atoms with Crippen molar-refractivity contribution in [2.75, 3.05) is 31.1 Å². The molecule has 1 saturated heterocycles. The Morgan fingerprint density at radius 2 is 1.91 bits per heavy atom. The number of nitrogens with zero attached hydrogens (tertiary/aromatic N) is 3. The zero-order valence-corrected chi connectivity index (χ0v) is 18.3. The molecule has 2 aliphatic heterocycles. The molecular weight excluding hydrogens is 410 g/mol. The van der Waals surface area contributed by atoms with E-state index in [0.717, 1.165) is 37.5 Å². The van der Waals surface area contributed by atoms with Gasteiger partial charge in [0, 0.05) is 44.8 Å². The topological polar surface area (TPSA) is 48.5 Å². The summed E-state index contributed by atoms with van der Waals surface area (Å²) in [6.07, 6.45) is 7.52. The monoisotopic (exact) mass is 440 g/mol. The molecule has 3 aliphatic rings. The van der Waals surface area contributed by atoms with Gasteiger partial charge in [-0.25, -0.2) is 13.8 Å². The van der Waals surface area contributed by atoms with E-state index in [4.69, 9.17) is 0 Å². The number of amides is 1. The lowest BCUT2D eigenvalue weighted by Crippen LogP contribution is -2.41. The highest BCUT2D eigenvalue weighted by Crippen LogP contribution is 2.30. The SMILES string of the molecule is O=C(NCc1ccc2c(c1)CCN(C1CCC1)CC2)c1ccc(N2CCC(F)(F)C2)nc1. The Morgan fingerprint density at radius 3 is 2.56 bits per heavy atom. The number of benzene rings is 1. The van der Waals surface area contributed by atoms with Crippen LogP contribution in [0.25, 0.3) is 0 Å². The highest BCUT2D eigenvalue weighted by Gasteiger charge is 2.38. The number of aromatic nitrogens is 1. The van der Waals surface area contributed by atoms with E-state index in [0.29, 0.717) is 17.9 Å². The van der Waals surface area contributed by atoms with Crippen LogP contribution in [-0.2, 0) is 19.4 Å². The molecule has 32 heavy (non-hydrogen) atoms. The summed E-state index contributed by atoms with van der Waals surface area (Å²) in [5.41, 5.74) is 4.35. The van der Waals surface area contributed by atoms with Crippen LogP contribution in [0.15, 0.2) is 36.5 Å². The number of nitrogens with one attached hydrogen (secondary N) is 1. The molecule has 0 spiro atoms. The number of anilines is 1. The summed E-state index contributed by atoms with van der Waals surface area (Å²) in [7, 11) is 0. The van der Waals surface area contributed by atoms with Gasteiger partial charge in [-0.3, -0.25) is 9.69 Å². The van der Waals surface area contributed by atoms with Crippen molar-refractivity contribution in [3.8, 4) is 0 Å². The molecule has 2 aromatic rings. The summed E-state index contributed by atoms with van der Waals surface area (Å²) in [5, 5.41) is 2.96. The fraction of sp³-hybridized carbons (Fsp3) is 0.520. The summed E-state index contributed by atoms with van der Waals surface area (Å²) in [6.45, 7) is 2.68. The molecular formula is C25H30F2N4O. The first-order chi connectivity index (χ1) is 15.5. The van der Waals surface area contributed by atoms with Gasteiger partial charge in [-0.2, -0.15) is 0 Å². The van der Waals surface area contributed by atoms with Gasteiger partial charge in [0.05, 0.1) is 12.1 Å². The van der Waals surface area contributed by atoms with Gasteiger partial charge in [0.15, 0.2) is 0 Å². The molecule has 2 fully saturated rings. The van der Waals surface area contributed by atoms with Crippen molar-refractivity contribution < 1.29 is 13.6 Å². The van der Waals surface area contributed by atoms with Crippen molar-refractivity contribution in [1.82, 2.24) is 15.2 Å². The molecule has 1 aromatic carbocycles. The van der Waals surface area contributed by atoms with Crippen LogP contribution in [0.3, 0.4) is 0 Å². The lowest BCUT2D eigenvalue weighted by molar-refractivity contribution is 0.0256. The second kappa shape index (κ2) is 8.77. The van der Waals surface area contributed by atoms with Crippen LogP contribution in [0.2, 0.25) is 0 Å². The number of fused-ring (bicyclic) bond motifs is 1. The summed E-state index contributed by atoms with van der Waals surface area (Å²) in [4.78, 5) is 21.0. The van der Waals surface area contributed by atoms with E-state index < -0.39 is 5.92 Å². The molecule has 5 nitrogen and oxygen atoms in total. The van der Waals surface area contributed by atoms with E-state index in [2.05, 4.69) is 33.4 Å². The Hall–Kier alpha value is -2.54. The number of hydrogen-bond donors (Lipinski definition) is 1. The molecule has 0 atom stereocenters. The first kappa shape index (κ1) is 21.3. The van der Waals surface area contributed by atoms with Crippen molar-refractivity contribution in [3.05, 3.63) is 58.8 Å². The highest BCUT2D eigenvalue weighted by atomic mass is 19.3. The van der Waals surface area contributed by atoms with E-state index >= 15 is 0 Å². The Morgan fingerprint density at radius 1 is 1.09 bits per heavy atom. The molecule has 7 heteroatoms. The van der Waals surface area contributed by atoms with Crippen LogP contribution in [0, 0.1) is 0 Å². The minimum Gasteiger partial charge on any atom is -0.350 e. The Labute approximate surface area is 187 Å². The number of halogens is 2. The number of rotatable bonds is 5. The minimum atomic E-state index is -2.67. The zero-order chi connectivity index (χ0) is 22.1. The van der Waals surface area contributed by atoms with E-state index in [-0.39, 0.29) is 25.4 Å². The predicted molar refractivity (Wildman–Crippen MR) is 120 cm³/mol. The van der Waals surface area contributed by atoms with Gasteiger partial charge in [-0.15, -0.1) is 0 Å². The van der Waals surface area contributed by atoms with Gasteiger partial charge >= 0.3 is 0 Å². The van der Waals surface area contributed by atoms with Crippen molar-refractivity contribution in [2.24, 2.45) is 0 Å². The van der Waals surface area contributed by atoms with Crippen LogP contribution in [0.5, 0.6) is 0 Å². The molecule has 1 N–H and O–H groups in total. The van der Waals surface area contributed by atoms with Gasteiger partial charge in [0.25, 0.3) is 11.8 Å². The molecule has 170 valence electrons. The summed E-state index contributed by atoms with van der Waals surface area (Å²) >= 11 is 0. The van der Waals surface area contributed by atoms with Crippen LogP contribution in [0.4, 0.5) is 14.6 Å². The number of carbonyl (C=O) groups excluding carboxylic acids is 1. The fourth-order valence-electron chi connectivity index (χ4n) is 4.95. The quantitative estimate of drug-likeness (QED) is 0.768. The third kappa shape index (κ3) is 4.63. The van der Waals surface area contributed by atoms with E-state index in [1.807, 2.05) is 0 Å². The molecule has 0 unspecified atom stereocenters. The molecule has 0 bridgehead atoms. The van der Waals surface area contributed by atoms with Crippen LogP contribution < -0.4 is 10.2 Å². The van der Waals surface area contributed by atoms with Crippen LogP contribution in [0.1, 0.15) is 52.7 Å². The van der Waals surface area contributed by atoms with Gasteiger partial charge in [0.1, 0.15) is 5.82 Å². The second-order valence-electron chi connectivity index (χ2n) is 9.34. The Bertz CT molecular complexity index is 974. The maximum atomic E-state index is 13.4. The highest BCUT2D eigenvalue weighted by molar-refractivity contribution is 5.94. The number of alkyl halides is 2. The van der Waals surface area contributed by atoms with Gasteiger partial charge in [-0.1, -0.05) is 24.6 Å². The molecule has 1 aliphatic carbocycles. The van der Waals surface area contributed by atoms with Crippen LogP contribution >= 0.6 is 0 Å². The molecule has 0 radical (unpaired) electrons. The molecule has 5 rings (SSSR count). The molecule has 1 aromatic heterocycles. The minimum absolute atomic E-state index is 0.156. The van der Waals surface area contributed by atoms with Gasteiger partial charge < -0.3 is 10.2 Å². The number of hydrogen-bond acceptors (Lipinski definition) is 4. The Kier molecular flexibility index (Phi) is 5.84. The number of carbonyl (C=O) groups is 1. The standard InChI is InChI=1S/C25H30F2N4O/c26-25(27)10-13-31(17-25)23-7-6-21(16-28-23)24(32)29-15-18-4-5-19-8-11-30(22-2-1-3-22)12-9-20(19)14-18/h4-7,14,16,22H,1-3,8-13,15,17H2,(H,29,32). The van der Waals surface area contributed by atoms with E-state index in [1.165, 1.54) is 36.6 Å². The van der Waals surface area contributed by atoms with Crippen molar-refractivity contribution in [1.29, 1.82) is 0 Å². The average molecular weight is 441 g/mol. The van der Waals surface area contributed by atoms with Gasteiger partial charge in [-0.05, 0) is 54.5 Å². The zero-order valence-electron chi connectivity index (χ0n) is 18.3. The first-order valence-electron chi connectivity index (χ1n) is 11.7. The smallest absolute Gasteiger partial charge is 0.266 e. The lowest BCUT2D eigenvalue weighted by atomic mass is 9.91. The summed E-state index contributed by atoms with van der Waals surface area (Å²) < 4.78 is 26.8. The fourth-order valence-corrected chi connectivity index (χ4v) is 4.95. The Balaban J connectivity index is 1.16. The largest absolute Gasteiger partial charge is 0.350 e. The summed E-state index contributed by atoms with van der Waals surface area (Å²) in [5.74, 6) is -2.39. The van der Waals surface area contributed by atoms with E-state index in [9.17, 15) is 13.6 Å². The van der Waals surface area contributed by atoms with Gasteiger partial charge in [0.2, 0.25) is 0 Å². The molecule has 1 saturated carbocycles. The third-order valence-electron chi connectivity index (χ3n) is 7.16. The maximum absolute atomic E-state index is 13.4. The third-order valence-corrected chi connectivity index (χ3v) is 7.16. The first-order valence-corrected chi connectivity index (χ1v) is 11.7. The predicted octanol–water partition coefficient (Wildman–Crippen LogP) is 3.81. The average Bonchev–Trinajstić information content (AvgIpc) is 3.00. The van der Waals surface area contributed by atoms with E-state index in [1.54, 1.807) is 17.0 Å². The van der Waals surface area contributed by atoms with Crippen LogP contribution in [-0.4, -0.2) is 53.9 Å². The molecule has 3 heterocycles. The summed E-state index contributed by atoms with van der Waals surface area (Å²) in [6, 6.07) is 10.6. The lowest BCUT2D eigenvalue weighted by Gasteiger charge is -2.36. The normalized spacial score (nSPS) is 21.0. The number of pyridine rings is 1. The molecule has 1 amide bonds. The van der Waals surface area contributed by atoms with Crippen molar-refractivity contribution >= 4 is 11.7 Å². The van der Waals surface area contributed by atoms with Crippen molar-refractivity contribution in [2.45, 2.75) is 57.0 Å². The van der Waals surface area contributed by atoms with Crippen molar-refractivity contribution in [3.63, 3.8) is 0 Å². The maximum Gasteiger partial charge on any atom is 0.266 e. The second-order valence-corrected chi connectivity index (χ2v) is 9.34.